The fourth-order valence-corrected chi connectivity index (χ4v) is 3.98. The van der Waals surface area contributed by atoms with Crippen molar-refractivity contribution in [2.24, 2.45) is 5.92 Å². The Morgan fingerprint density at radius 1 is 1.44 bits per heavy atom. The molecule has 0 spiro atoms. The van der Waals surface area contributed by atoms with Crippen molar-refractivity contribution >= 4 is 11.8 Å². The molecule has 90 valence electrons. The second-order valence-electron chi connectivity index (χ2n) is 4.81. The Bertz CT molecular complexity index is 336. The lowest BCUT2D eigenvalue weighted by Gasteiger charge is -2.34. The van der Waals surface area contributed by atoms with Crippen LogP contribution < -0.4 is 5.32 Å². The number of thioether (sulfide) groups is 1. The minimum absolute atomic E-state index is 0.649. The minimum Gasteiger partial charge on any atom is -0.468 e. The molecule has 0 aliphatic heterocycles. The van der Waals surface area contributed by atoms with Gasteiger partial charge in [0.15, 0.2) is 0 Å². The van der Waals surface area contributed by atoms with Crippen LogP contribution in [0.25, 0.3) is 0 Å². The summed E-state index contributed by atoms with van der Waals surface area (Å²) in [6, 6.07) is 2.74. The maximum Gasteiger partial charge on any atom is 0.114 e. The molecule has 1 saturated carbocycles. The maximum absolute atomic E-state index is 5.36. The topological polar surface area (TPSA) is 25.2 Å². The molecule has 3 atom stereocenters. The summed E-state index contributed by atoms with van der Waals surface area (Å²) >= 11 is 1.98. The van der Waals surface area contributed by atoms with Gasteiger partial charge < -0.3 is 9.73 Å². The minimum atomic E-state index is 0.649. The highest BCUT2D eigenvalue weighted by molar-refractivity contribution is 8.00. The first-order chi connectivity index (χ1) is 7.70. The van der Waals surface area contributed by atoms with Crippen LogP contribution in [0.4, 0.5) is 0 Å². The van der Waals surface area contributed by atoms with Gasteiger partial charge in [-0.2, -0.15) is 0 Å². The van der Waals surface area contributed by atoms with E-state index in [0.29, 0.717) is 11.3 Å². The molecular weight excluding hydrogens is 218 g/mol. The third-order valence-corrected chi connectivity index (χ3v) is 5.02. The predicted molar refractivity (Wildman–Crippen MR) is 69.0 cm³/mol. The van der Waals surface area contributed by atoms with Gasteiger partial charge >= 0.3 is 0 Å². The van der Waals surface area contributed by atoms with Crippen molar-refractivity contribution in [1.29, 1.82) is 0 Å². The number of rotatable bonds is 3. The van der Waals surface area contributed by atoms with Crippen LogP contribution >= 0.6 is 11.8 Å². The van der Waals surface area contributed by atoms with Crippen molar-refractivity contribution in [3.8, 4) is 0 Å². The first-order valence-corrected chi connectivity index (χ1v) is 6.96. The quantitative estimate of drug-likeness (QED) is 0.874. The molecule has 2 rings (SSSR count). The molecule has 3 unspecified atom stereocenters. The summed E-state index contributed by atoms with van der Waals surface area (Å²) in [5, 5.41) is 4.14. The van der Waals surface area contributed by atoms with E-state index in [1.807, 2.05) is 18.7 Å². The molecule has 0 aromatic carbocycles. The summed E-state index contributed by atoms with van der Waals surface area (Å²) in [6.45, 7) is 4.41. The molecule has 3 heteroatoms. The zero-order chi connectivity index (χ0) is 11.5. The van der Waals surface area contributed by atoms with Crippen LogP contribution in [0, 0.1) is 12.8 Å². The Kier molecular flexibility index (Phi) is 3.98. The first kappa shape index (κ1) is 12.1. The predicted octanol–water partition coefficient (Wildman–Crippen LogP) is 3.46. The van der Waals surface area contributed by atoms with E-state index in [2.05, 4.69) is 25.4 Å². The average molecular weight is 239 g/mol. The van der Waals surface area contributed by atoms with Crippen LogP contribution in [-0.2, 0) is 0 Å². The van der Waals surface area contributed by atoms with E-state index >= 15 is 0 Å². The van der Waals surface area contributed by atoms with Gasteiger partial charge in [0.1, 0.15) is 5.76 Å². The molecule has 0 saturated heterocycles. The lowest BCUT2D eigenvalue weighted by atomic mass is 9.87. The molecule has 1 N–H and O–H groups in total. The molecule has 0 amide bonds. The first-order valence-electron chi connectivity index (χ1n) is 6.08. The molecule has 1 aliphatic rings. The largest absolute Gasteiger partial charge is 0.468 e. The van der Waals surface area contributed by atoms with E-state index in [9.17, 15) is 0 Å². The van der Waals surface area contributed by atoms with Gasteiger partial charge in [0.2, 0.25) is 0 Å². The smallest absolute Gasteiger partial charge is 0.114 e. The number of hydrogen-bond donors (Lipinski definition) is 1. The maximum atomic E-state index is 5.36. The molecule has 1 aromatic rings. The van der Waals surface area contributed by atoms with E-state index < -0.39 is 0 Å². The molecule has 1 heterocycles. The highest BCUT2D eigenvalue weighted by atomic mass is 32.2. The average Bonchev–Trinajstić information content (AvgIpc) is 2.65. The lowest BCUT2D eigenvalue weighted by molar-refractivity contribution is 0.329. The van der Waals surface area contributed by atoms with Gasteiger partial charge in [-0.1, -0.05) is 6.92 Å². The van der Waals surface area contributed by atoms with E-state index in [0.717, 1.165) is 11.7 Å². The Morgan fingerprint density at radius 2 is 2.25 bits per heavy atom. The Balaban J connectivity index is 2.03. The van der Waals surface area contributed by atoms with E-state index in [1.165, 1.54) is 24.2 Å². The molecular formula is C13H21NOS. The van der Waals surface area contributed by atoms with Crippen LogP contribution in [0.5, 0.6) is 0 Å². The van der Waals surface area contributed by atoms with Gasteiger partial charge in [0, 0.05) is 16.2 Å². The van der Waals surface area contributed by atoms with Gasteiger partial charge in [-0.05, 0) is 45.2 Å². The van der Waals surface area contributed by atoms with Gasteiger partial charge in [-0.25, -0.2) is 0 Å². The highest BCUT2D eigenvalue weighted by Gasteiger charge is 2.28. The Morgan fingerprint density at radius 3 is 2.88 bits per heavy atom. The normalized spacial score (nSPS) is 30.6. The third kappa shape index (κ3) is 2.64. The Hall–Kier alpha value is -0.410. The summed E-state index contributed by atoms with van der Waals surface area (Å²) in [6.07, 6.45) is 5.75. The molecule has 0 bridgehead atoms. The molecule has 1 fully saturated rings. The second-order valence-corrected chi connectivity index (χ2v) is 6.09. The van der Waals surface area contributed by atoms with Crippen molar-refractivity contribution in [3.05, 3.63) is 18.1 Å². The van der Waals surface area contributed by atoms with Gasteiger partial charge in [-0.15, -0.1) is 11.8 Å². The van der Waals surface area contributed by atoms with Crippen molar-refractivity contribution < 1.29 is 4.42 Å². The zero-order valence-electron chi connectivity index (χ0n) is 10.3. The monoisotopic (exact) mass is 239 g/mol. The Labute approximate surface area is 102 Å². The van der Waals surface area contributed by atoms with Crippen LogP contribution in [-0.4, -0.2) is 18.3 Å². The van der Waals surface area contributed by atoms with Crippen molar-refractivity contribution in [2.75, 3.05) is 7.05 Å². The summed E-state index contributed by atoms with van der Waals surface area (Å²) in [5.74, 6) is 1.91. The van der Waals surface area contributed by atoms with E-state index in [1.54, 1.807) is 6.26 Å². The highest BCUT2D eigenvalue weighted by Crippen LogP contribution is 2.37. The van der Waals surface area contributed by atoms with Crippen LogP contribution in [0.1, 0.15) is 31.9 Å². The number of hydrogen-bond acceptors (Lipinski definition) is 3. The molecule has 1 aromatic heterocycles. The summed E-state index contributed by atoms with van der Waals surface area (Å²) in [5.41, 5.74) is 0. The fourth-order valence-electron chi connectivity index (χ4n) is 2.45. The molecule has 0 radical (unpaired) electrons. The van der Waals surface area contributed by atoms with Crippen LogP contribution in [0.15, 0.2) is 21.6 Å². The summed E-state index contributed by atoms with van der Waals surface area (Å²) in [7, 11) is 2.08. The van der Waals surface area contributed by atoms with E-state index in [4.69, 9.17) is 4.42 Å². The summed E-state index contributed by atoms with van der Waals surface area (Å²) < 4.78 is 5.36. The van der Waals surface area contributed by atoms with Crippen LogP contribution in [0.3, 0.4) is 0 Å². The molecule has 2 nitrogen and oxygen atoms in total. The number of aryl methyl sites for hydroxylation is 1. The SMILES string of the molecule is CNC1CCC(C)CC1Sc1ccoc1C. The van der Waals surface area contributed by atoms with Crippen molar-refractivity contribution in [3.63, 3.8) is 0 Å². The number of furan rings is 1. The van der Waals surface area contributed by atoms with Gasteiger partial charge in [0.05, 0.1) is 6.26 Å². The van der Waals surface area contributed by atoms with E-state index in [-0.39, 0.29) is 0 Å². The summed E-state index contributed by atoms with van der Waals surface area (Å²) in [4.78, 5) is 1.30. The van der Waals surface area contributed by atoms with Crippen LogP contribution in [0.2, 0.25) is 0 Å². The fraction of sp³-hybridized carbons (Fsp3) is 0.692. The standard InChI is InChI=1S/C13H21NOS/c1-9-4-5-11(14-3)13(8-9)16-12-6-7-15-10(12)2/h6-7,9,11,13-14H,4-5,8H2,1-3H3. The molecule has 1 aliphatic carbocycles. The lowest BCUT2D eigenvalue weighted by Crippen LogP contribution is -2.40. The van der Waals surface area contributed by atoms with Crippen molar-refractivity contribution in [2.45, 2.75) is 49.3 Å². The number of nitrogens with one attached hydrogen (secondary N) is 1. The van der Waals surface area contributed by atoms with Crippen molar-refractivity contribution in [1.82, 2.24) is 5.32 Å². The molecule has 16 heavy (non-hydrogen) atoms. The zero-order valence-corrected chi connectivity index (χ0v) is 11.1. The third-order valence-electron chi connectivity index (χ3n) is 3.51. The van der Waals surface area contributed by atoms with Gasteiger partial charge in [-0.3, -0.25) is 0 Å². The van der Waals surface area contributed by atoms with Gasteiger partial charge in [0.25, 0.3) is 0 Å². The second kappa shape index (κ2) is 5.28.